The van der Waals surface area contributed by atoms with Gasteiger partial charge in [0.15, 0.2) is 0 Å². The van der Waals surface area contributed by atoms with Gasteiger partial charge in [-0.1, -0.05) is 25.1 Å². The van der Waals surface area contributed by atoms with Crippen molar-refractivity contribution in [2.45, 2.75) is 13.3 Å². The van der Waals surface area contributed by atoms with E-state index in [-0.39, 0.29) is 0 Å². The Kier molecular flexibility index (Phi) is 2.50. The summed E-state index contributed by atoms with van der Waals surface area (Å²) in [5, 5.41) is 4.75. The van der Waals surface area contributed by atoms with Crippen LogP contribution in [0.5, 0.6) is 0 Å². The van der Waals surface area contributed by atoms with Crippen molar-refractivity contribution >= 4 is 5.69 Å². The predicted octanol–water partition coefficient (Wildman–Crippen LogP) is 2.13. The van der Waals surface area contributed by atoms with Crippen LogP contribution in [0.3, 0.4) is 0 Å². The van der Waals surface area contributed by atoms with E-state index in [1.165, 1.54) is 25.2 Å². The second-order valence-corrected chi connectivity index (χ2v) is 3.41. The molecule has 70 valence electrons. The van der Waals surface area contributed by atoms with Crippen molar-refractivity contribution in [1.29, 1.82) is 0 Å². The smallest absolute Gasteiger partial charge is 0.0522 e. The molecule has 1 heterocycles. The molecule has 0 radical (unpaired) electrons. The maximum atomic E-state index is 2.38. The fourth-order valence-corrected chi connectivity index (χ4v) is 1.53. The lowest BCUT2D eigenvalue weighted by atomic mass is 10.3. The third-order valence-electron chi connectivity index (χ3n) is 2.25. The first-order chi connectivity index (χ1) is 6.42. The number of nitrogens with zero attached hydrogens (tertiary/aromatic N) is 2. The van der Waals surface area contributed by atoms with E-state index in [2.05, 4.69) is 47.3 Å². The largest absolute Gasteiger partial charge is 0.306 e. The van der Waals surface area contributed by atoms with Crippen molar-refractivity contribution in [3.63, 3.8) is 0 Å². The van der Waals surface area contributed by atoms with E-state index >= 15 is 0 Å². The highest BCUT2D eigenvalue weighted by molar-refractivity contribution is 5.45. The van der Waals surface area contributed by atoms with Gasteiger partial charge in [0.1, 0.15) is 0 Å². The van der Waals surface area contributed by atoms with Gasteiger partial charge in [-0.05, 0) is 18.6 Å². The number of anilines is 1. The van der Waals surface area contributed by atoms with Crippen LogP contribution in [0.25, 0.3) is 0 Å². The van der Waals surface area contributed by atoms with Crippen LogP contribution in [0.2, 0.25) is 0 Å². The van der Waals surface area contributed by atoms with Crippen molar-refractivity contribution in [3.05, 3.63) is 30.3 Å². The predicted molar refractivity (Wildman–Crippen MR) is 55.7 cm³/mol. The molecule has 2 heteroatoms. The average Bonchev–Trinajstić information content (AvgIpc) is 2.99. The van der Waals surface area contributed by atoms with Gasteiger partial charge in [-0.25, -0.2) is 5.01 Å². The van der Waals surface area contributed by atoms with Gasteiger partial charge in [0, 0.05) is 19.6 Å². The van der Waals surface area contributed by atoms with Crippen LogP contribution < -0.4 is 5.01 Å². The molecule has 0 aromatic heterocycles. The zero-order chi connectivity index (χ0) is 9.10. The summed E-state index contributed by atoms with van der Waals surface area (Å²) in [6, 6.07) is 10.6. The Bertz CT molecular complexity index is 254. The van der Waals surface area contributed by atoms with Crippen LogP contribution >= 0.6 is 0 Å². The van der Waals surface area contributed by atoms with E-state index in [0.717, 1.165) is 6.54 Å². The normalized spacial score (nSPS) is 15.8. The van der Waals surface area contributed by atoms with Gasteiger partial charge in [0.25, 0.3) is 0 Å². The minimum atomic E-state index is 1.13. The highest BCUT2D eigenvalue weighted by Gasteiger charge is 2.24. The molecule has 0 saturated carbocycles. The molecular formula is C11H16N2. The molecule has 1 aliphatic heterocycles. The first-order valence-electron chi connectivity index (χ1n) is 4.99. The Balaban J connectivity index is 2.10. The van der Waals surface area contributed by atoms with Gasteiger partial charge in [-0.15, -0.1) is 0 Å². The SMILES string of the molecule is CCCN(c1ccccc1)N1CC1. The fraction of sp³-hybridized carbons (Fsp3) is 0.455. The van der Waals surface area contributed by atoms with Gasteiger partial charge in [0.05, 0.1) is 5.69 Å². The zero-order valence-electron chi connectivity index (χ0n) is 8.11. The van der Waals surface area contributed by atoms with E-state index in [0.29, 0.717) is 0 Å². The van der Waals surface area contributed by atoms with Gasteiger partial charge >= 0.3 is 0 Å². The van der Waals surface area contributed by atoms with Gasteiger partial charge < -0.3 is 5.01 Å². The summed E-state index contributed by atoms with van der Waals surface area (Å²) >= 11 is 0. The Morgan fingerprint density at radius 2 is 1.92 bits per heavy atom. The van der Waals surface area contributed by atoms with E-state index in [1.807, 2.05) is 0 Å². The zero-order valence-corrected chi connectivity index (χ0v) is 8.11. The Labute approximate surface area is 79.7 Å². The van der Waals surface area contributed by atoms with Crippen molar-refractivity contribution in [1.82, 2.24) is 5.01 Å². The van der Waals surface area contributed by atoms with Crippen LogP contribution in [-0.4, -0.2) is 24.6 Å². The summed E-state index contributed by atoms with van der Waals surface area (Å²) in [4.78, 5) is 0. The van der Waals surface area contributed by atoms with Crippen molar-refractivity contribution < 1.29 is 0 Å². The van der Waals surface area contributed by atoms with E-state index in [4.69, 9.17) is 0 Å². The molecule has 0 atom stereocenters. The number of para-hydroxylation sites is 1. The van der Waals surface area contributed by atoms with E-state index in [1.54, 1.807) is 0 Å². The molecule has 1 aromatic carbocycles. The van der Waals surface area contributed by atoms with Crippen LogP contribution in [-0.2, 0) is 0 Å². The molecule has 1 aromatic rings. The molecule has 1 aliphatic rings. The lowest BCUT2D eigenvalue weighted by Gasteiger charge is -2.24. The molecule has 0 spiro atoms. The van der Waals surface area contributed by atoms with E-state index in [9.17, 15) is 0 Å². The topological polar surface area (TPSA) is 6.25 Å². The third-order valence-corrected chi connectivity index (χ3v) is 2.25. The Morgan fingerprint density at radius 1 is 1.23 bits per heavy atom. The molecular weight excluding hydrogens is 160 g/mol. The van der Waals surface area contributed by atoms with Crippen molar-refractivity contribution in [3.8, 4) is 0 Å². The lowest BCUT2D eigenvalue weighted by molar-refractivity contribution is 0.496. The molecule has 1 fully saturated rings. The fourth-order valence-electron chi connectivity index (χ4n) is 1.53. The van der Waals surface area contributed by atoms with Gasteiger partial charge in [-0.3, -0.25) is 0 Å². The molecule has 0 aliphatic carbocycles. The number of benzene rings is 1. The summed E-state index contributed by atoms with van der Waals surface area (Å²) < 4.78 is 0. The minimum absolute atomic E-state index is 1.13. The molecule has 0 unspecified atom stereocenters. The van der Waals surface area contributed by atoms with Crippen molar-refractivity contribution in [2.75, 3.05) is 24.6 Å². The molecule has 0 N–H and O–H groups in total. The monoisotopic (exact) mass is 176 g/mol. The maximum Gasteiger partial charge on any atom is 0.0522 e. The lowest BCUT2D eigenvalue weighted by Crippen LogP contribution is -2.29. The summed E-state index contributed by atoms with van der Waals surface area (Å²) in [7, 11) is 0. The highest BCUT2D eigenvalue weighted by Crippen LogP contribution is 2.20. The molecule has 0 bridgehead atoms. The highest BCUT2D eigenvalue weighted by atomic mass is 15.7. The molecule has 1 saturated heterocycles. The number of hydrogen-bond acceptors (Lipinski definition) is 2. The second kappa shape index (κ2) is 3.79. The first kappa shape index (κ1) is 8.57. The van der Waals surface area contributed by atoms with E-state index < -0.39 is 0 Å². The minimum Gasteiger partial charge on any atom is -0.306 e. The average molecular weight is 176 g/mol. The van der Waals surface area contributed by atoms with Gasteiger partial charge in [0.2, 0.25) is 0 Å². The molecule has 2 nitrogen and oxygen atoms in total. The Morgan fingerprint density at radius 3 is 2.46 bits per heavy atom. The number of hydrazine groups is 1. The van der Waals surface area contributed by atoms with Crippen LogP contribution in [0.15, 0.2) is 30.3 Å². The maximum absolute atomic E-state index is 2.38. The number of hydrogen-bond donors (Lipinski definition) is 0. The first-order valence-corrected chi connectivity index (χ1v) is 4.99. The quantitative estimate of drug-likeness (QED) is 0.648. The molecule has 0 amide bonds. The molecule has 13 heavy (non-hydrogen) atoms. The second-order valence-electron chi connectivity index (χ2n) is 3.41. The van der Waals surface area contributed by atoms with Crippen LogP contribution in [0.1, 0.15) is 13.3 Å². The third kappa shape index (κ3) is 2.01. The standard InChI is InChI=1S/C11H16N2/c1-2-8-13(12-9-10-12)11-6-4-3-5-7-11/h3-7H,2,8-10H2,1H3. The van der Waals surface area contributed by atoms with Gasteiger partial charge in [-0.2, -0.15) is 0 Å². The summed E-state index contributed by atoms with van der Waals surface area (Å²) in [6.45, 7) is 5.78. The van der Waals surface area contributed by atoms with Crippen LogP contribution in [0.4, 0.5) is 5.69 Å². The molecule has 2 rings (SSSR count). The summed E-state index contributed by atoms with van der Waals surface area (Å²) in [5.74, 6) is 0. The Hall–Kier alpha value is -1.02. The summed E-state index contributed by atoms with van der Waals surface area (Å²) in [5.41, 5.74) is 1.32. The summed E-state index contributed by atoms with van der Waals surface area (Å²) in [6.07, 6.45) is 1.20. The van der Waals surface area contributed by atoms with Crippen molar-refractivity contribution in [2.24, 2.45) is 0 Å². The number of rotatable bonds is 4. The van der Waals surface area contributed by atoms with Crippen LogP contribution in [0, 0.1) is 0 Å².